The number of rotatable bonds is 5. The number of benzene rings is 2. The van der Waals surface area contributed by atoms with Gasteiger partial charge in [0.1, 0.15) is 11.8 Å². The van der Waals surface area contributed by atoms with Gasteiger partial charge < -0.3 is 15.0 Å². The van der Waals surface area contributed by atoms with Gasteiger partial charge in [-0.15, -0.1) is 0 Å². The van der Waals surface area contributed by atoms with Crippen LogP contribution < -0.4 is 5.32 Å². The average Bonchev–Trinajstić information content (AvgIpc) is 3.20. The van der Waals surface area contributed by atoms with E-state index in [1.807, 2.05) is 60.4 Å². The molecule has 7 nitrogen and oxygen atoms in total. The Hall–Kier alpha value is -3.19. The van der Waals surface area contributed by atoms with Crippen LogP contribution in [0.2, 0.25) is 0 Å². The zero-order valence-corrected chi connectivity index (χ0v) is 21.8. The number of nitrogens with one attached hydrogen (secondary N) is 1. The molecule has 0 aliphatic carbocycles. The second-order valence-corrected chi connectivity index (χ2v) is 11.1. The maximum absolute atomic E-state index is 13.9. The van der Waals surface area contributed by atoms with Crippen LogP contribution in [0.3, 0.4) is 0 Å². The molecular formula is C29H37N3O4. The number of hydrogen-bond donors (Lipinski definition) is 1. The van der Waals surface area contributed by atoms with Crippen LogP contribution in [-0.2, 0) is 20.9 Å². The zero-order valence-electron chi connectivity index (χ0n) is 21.8. The fraction of sp³-hybridized carbons (Fsp3) is 0.483. The quantitative estimate of drug-likeness (QED) is 0.688. The number of likely N-dealkylation sites (tertiary alicyclic amines) is 1. The van der Waals surface area contributed by atoms with Gasteiger partial charge in [0.05, 0.1) is 6.61 Å². The van der Waals surface area contributed by atoms with E-state index in [1.54, 1.807) is 11.0 Å². The van der Waals surface area contributed by atoms with Gasteiger partial charge in [-0.2, -0.15) is 0 Å². The van der Waals surface area contributed by atoms with E-state index in [-0.39, 0.29) is 29.7 Å². The van der Waals surface area contributed by atoms with Crippen LogP contribution in [0, 0.1) is 12.3 Å². The molecule has 2 aromatic rings. The summed E-state index contributed by atoms with van der Waals surface area (Å²) in [5.74, 6) is -0.336. The first-order valence-corrected chi connectivity index (χ1v) is 12.7. The van der Waals surface area contributed by atoms with Gasteiger partial charge in [-0.05, 0) is 30.0 Å². The molecule has 36 heavy (non-hydrogen) atoms. The van der Waals surface area contributed by atoms with E-state index in [4.69, 9.17) is 4.74 Å². The van der Waals surface area contributed by atoms with E-state index in [0.717, 1.165) is 11.1 Å². The molecular weight excluding hydrogens is 454 g/mol. The van der Waals surface area contributed by atoms with E-state index in [9.17, 15) is 14.4 Å². The molecule has 0 saturated carbocycles. The molecule has 0 bridgehead atoms. The second-order valence-electron chi connectivity index (χ2n) is 11.1. The molecule has 0 aromatic heterocycles. The Morgan fingerprint density at radius 2 is 1.72 bits per heavy atom. The van der Waals surface area contributed by atoms with Gasteiger partial charge in [0, 0.05) is 44.5 Å². The fourth-order valence-electron chi connectivity index (χ4n) is 5.06. The standard InChI is InChI=1S/C29H37N3O4/c1-21-9-8-12-23(17-21)27(35)32-24(26(34)30-19-22-10-6-5-7-11-22)20-36-29(32)13-15-31(16-14-29)25(33)18-28(2,3)4/h5-12,17,24H,13-16,18-20H2,1-4H3,(H,30,34). The van der Waals surface area contributed by atoms with Crippen LogP contribution >= 0.6 is 0 Å². The summed E-state index contributed by atoms with van der Waals surface area (Å²) in [6, 6.07) is 16.4. The molecule has 1 unspecified atom stereocenters. The molecule has 4 rings (SSSR count). The number of ether oxygens (including phenoxy) is 1. The Morgan fingerprint density at radius 3 is 2.36 bits per heavy atom. The van der Waals surface area contributed by atoms with Crippen LogP contribution in [0.15, 0.2) is 54.6 Å². The van der Waals surface area contributed by atoms with Gasteiger partial charge in [-0.3, -0.25) is 19.3 Å². The number of piperidine rings is 1. The van der Waals surface area contributed by atoms with E-state index in [0.29, 0.717) is 44.5 Å². The fourth-order valence-corrected chi connectivity index (χ4v) is 5.06. The van der Waals surface area contributed by atoms with Crippen LogP contribution in [0.5, 0.6) is 0 Å². The number of carbonyl (C=O) groups excluding carboxylic acids is 3. The van der Waals surface area contributed by atoms with Crippen LogP contribution in [0.4, 0.5) is 0 Å². The van der Waals surface area contributed by atoms with Crippen molar-refractivity contribution in [3.05, 3.63) is 71.3 Å². The van der Waals surface area contributed by atoms with Crippen molar-refractivity contribution >= 4 is 17.7 Å². The molecule has 0 radical (unpaired) electrons. The Labute approximate surface area is 213 Å². The van der Waals surface area contributed by atoms with Crippen molar-refractivity contribution in [2.75, 3.05) is 19.7 Å². The summed E-state index contributed by atoms with van der Waals surface area (Å²) >= 11 is 0. The third-order valence-electron chi connectivity index (χ3n) is 6.94. The first kappa shape index (κ1) is 25.9. The summed E-state index contributed by atoms with van der Waals surface area (Å²) in [4.78, 5) is 43.5. The largest absolute Gasteiger partial charge is 0.353 e. The highest BCUT2D eigenvalue weighted by molar-refractivity contribution is 5.98. The Bertz CT molecular complexity index is 1100. The highest BCUT2D eigenvalue weighted by Crippen LogP contribution is 2.39. The maximum atomic E-state index is 13.9. The van der Waals surface area contributed by atoms with Crippen molar-refractivity contribution in [1.29, 1.82) is 0 Å². The van der Waals surface area contributed by atoms with E-state index >= 15 is 0 Å². The lowest BCUT2D eigenvalue weighted by molar-refractivity contribution is -0.145. The highest BCUT2D eigenvalue weighted by Gasteiger charge is 2.54. The molecule has 1 spiro atoms. The molecule has 7 heteroatoms. The summed E-state index contributed by atoms with van der Waals surface area (Å²) in [5, 5.41) is 2.99. The molecule has 192 valence electrons. The smallest absolute Gasteiger partial charge is 0.256 e. The van der Waals surface area contributed by atoms with Gasteiger partial charge in [0.2, 0.25) is 11.8 Å². The molecule has 3 amide bonds. The Balaban J connectivity index is 1.54. The topological polar surface area (TPSA) is 79.0 Å². The molecule has 1 N–H and O–H groups in total. The van der Waals surface area contributed by atoms with Gasteiger partial charge in [-0.1, -0.05) is 68.8 Å². The monoisotopic (exact) mass is 491 g/mol. The van der Waals surface area contributed by atoms with Crippen molar-refractivity contribution in [1.82, 2.24) is 15.1 Å². The molecule has 2 fully saturated rings. The first-order chi connectivity index (χ1) is 17.1. The van der Waals surface area contributed by atoms with E-state index < -0.39 is 11.8 Å². The second kappa shape index (κ2) is 10.4. The number of nitrogens with zero attached hydrogens (tertiary/aromatic N) is 2. The third-order valence-corrected chi connectivity index (χ3v) is 6.94. The first-order valence-electron chi connectivity index (χ1n) is 12.7. The van der Waals surface area contributed by atoms with Gasteiger partial charge in [-0.25, -0.2) is 0 Å². The lowest BCUT2D eigenvalue weighted by Crippen LogP contribution is -2.59. The number of hydrogen-bond acceptors (Lipinski definition) is 4. The Morgan fingerprint density at radius 1 is 1.03 bits per heavy atom. The summed E-state index contributed by atoms with van der Waals surface area (Å²) in [5.41, 5.74) is 1.50. The third kappa shape index (κ3) is 5.78. The predicted molar refractivity (Wildman–Crippen MR) is 138 cm³/mol. The molecule has 2 heterocycles. The minimum atomic E-state index is -0.909. The molecule has 2 saturated heterocycles. The molecule has 1 atom stereocenters. The Kier molecular flexibility index (Phi) is 7.50. The SMILES string of the molecule is Cc1cccc(C(=O)N2C(C(=O)NCc3ccccc3)COC23CCN(C(=O)CC(C)(C)C)CC3)c1. The summed E-state index contributed by atoms with van der Waals surface area (Å²) < 4.78 is 6.29. The summed E-state index contributed by atoms with van der Waals surface area (Å²) in [7, 11) is 0. The van der Waals surface area contributed by atoms with Crippen LogP contribution in [-0.4, -0.2) is 59.0 Å². The van der Waals surface area contributed by atoms with Gasteiger partial charge >= 0.3 is 0 Å². The van der Waals surface area contributed by atoms with E-state index in [2.05, 4.69) is 26.1 Å². The minimum Gasteiger partial charge on any atom is -0.353 e. The minimum absolute atomic E-state index is 0.0921. The lowest BCUT2D eigenvalue weighted by Gasteiger charge is -2.45. The number of amides is 3. The lowest BCUT2D eigenvalue weighted by atomic mass is 9.90. The van der Waals surface area contributed by atoms with E-state index in [1.165, 1.54) is 0 Å². The summed E-state index contributed by atoms with van der Waals surface area (Å²) in [6.45, 7) is 9.59. The van der Waals surface area contributed by atoms with Crippen molar-refractivity contribution < 1.29 is 19.1 Å². The summed E-state index contributed by atoms with van der Waals surface area (Å²) in [6.07, 6.45) is 1.42. The normalized spacial score (nSPS) is 19.4. The molecule has 2 aliphatic rings. The van der Waals surface area contributed by atoms with Crippen LogP contribution in [0.1, 0.15) is 61.5 Å². The maximum Gasteiger partial charge on any atom is 0.256 e. The van der Waals surface area contributed by atoms with Gasteiger partial charge in [0.25, 0.3) is 5.91 Å². The van der Waals surface area contributed by atoms with Crippen molar-refractivity contribution in [2.45, 2.75) is 65.3 Å². The van der Waals surface area contributed by atoms with Crippen molar-refractivity contribution in [2.24, 2.45) is 5.41 Å². The highest BCUT2D eigenvalue weighted by atomic mass is 16.5. The zero-order chi connectivity index (χ0) is 25.9. The van der Waals surface area contributed by atoms with Gasteiger partial charge in [0.15, 0.2) is 0 Å². The van der Waals surface area contributed by atoms with Crippen molar-refractivity contribution in [3.63, 3.8) is 0 Å². The number of carbonyl (C=O) groups is 3. The van der Waals surface area contributed by atoms with Crippen LogP contribution in [0.25, 0.3) is 0 Å². The number of aryl methyl sites for hydroxylation is 1. The predicted octanol–water partition coefficient (Wildman–Crippen LogP) is 3.91. The molecule has 2 aliphatic heterocycles. The average molecular weight is 492 g/mol. The molecule has 2 aromatic carbocycles. The van der Waals surface area contributed by atoms with Crippen molar-refractivity contribution in [3.8, 4) is 0 Å².